The second kappa shape index (κ2) is 7.02. The number of nitrogen functional groups attached to an aromatic ring is 1. The van der Waals surface area contributed by atoms with Crippen LogP contribution < -0.4 is 11.1 Å². The molecule has 156 valence electrons. The van der Waals surface area contributed by atoms with Crippen LogP contribution in [0.15, 0.2) is 45.2 Å². The number of nitrogens with one attached hydrogen (secondary N) is 1. The molecule has 5 nitrogen and oxygen atoms in total. The Morgan fingerprint density at radius 1 is 1.23 bits per heavy atom. The third-order valence-corrected chi connectivity index (χ3v) is 9.95. The molecular weight excluding hydrogens is 419 g/mol. The number of aliphatic imine (C=N–C) groups is 1. The molecule has 1 spiro atoms. The summed E-state index contributed by atoms with van der Waals surface area (Å²) in [6.07, 6.45) is 5.13. The Labute approximate surface area is 180 Å². The SMILES string of the molecule is Nc1cc2c(cc1F)[SH](c1ccnc3sc(C4CCNC45CCOCC5)cc13)C=N2. The number of halogens is 1. The fraction of sp³-hybridized carbons (Fsp3) is 0.364. The predicted molar refractivity (Wildman–Crippen MR) is 122 cm³/mol. The van der Waals surface area contributed by atoms with Gasteiger partial charge in [0.2, 0.25) is 0 Å². The molecule has 0 saturated carbocycles. The van der Waals surface area contributed by atoms with Gasteiger partial charge in [-0.05, 0) is 50.1 Å². The molecule has 0 bridgehead atoms. The Bertz CT molecular complexity index is 1170. The number of hydrogen-bond donors (Lipinski definition) is 3. The molecule has 2 saturated heterocycles. The van der Waals surface area contributed by atoms with E-state index in [0.29, 0.717) is 5.92 Å². The summed E-state index contributed by atoms with van der Waals surface area (Å²) >= 11 is 1.80. The molecule has 8 heteroatoms. The van der Waals surface area contributed by atoms with Gasteiger partial charge in [-0.15, -0.1) is 11.3 Å². The molecule has 0 amide bonds. The van der Waals surface area contributed by atoms with Crippen molar-refractivity contribution in [3.05, 3.63) is 41.2 Å². The number of benzene rings is 1. The van der Waals surface area contributed by atoms with Gasteiger partial charge in [0.25, 0.3) is 0 Å². The lowest BCUT2D eigenvalue weighted by molar-refractivity contribution is 0.0397. The van der Waals surface area contributed by atoms with Crippen LogP contribution in [0.5, 0.6) is 0 Å². The first-order valence-corrected chi connectivity index (χ1v) is 12.5. The number of thiophene rings is 1. The minimum absolute atomic E-state index is 0.146. The van der Waals surface area contributed by atoms with Crippen molar-refractivity contribution < 1.29 is 9.13 Å². The van der Waals surface area contributed by atoms with Crippen LogP contribution in [0, 0.1) is 5.82 Å². The van der Waals surface area contributed by atoms with Gasteiger partial charge in [-0.2, -0.15) is 10.9 Å². The molecular formula is C22H23FN4OS2. The number of anilines is 1. The summed E-state index contributed by atoms with van der Waals surface area (Å²) in [5.74, 6) is 0.115. The van der Waals surface area contributed by atoms with Gasteiger partial charge in [-0.3, -0.25) is 0 Å². The van der Waals surface area contributed by atoms with Gasteiger partial charge in [0.1, 0.15) is 10.6 Å². The fourth-order valence-corrected chi connectivity index (χ4v) is 8.49. The molecule has 6 rings (SSSR count). The minimum atomic E-state index is -0.862. The highest BCUT2D eigenvalue weighted by Gasteiger charge is 2.45. The zero-order valence-corrected chi connectivity index (χ0v) is 18.1. The Kier molecular flexibility index (Phi) is 4.38. The molecule has 3 aromatic rings. The van der Waals surface area contributed by atoms with E-state index < -0.39 is 10.9 Å². The minimum Gasteiger partial charge on any atom is -0.396 e. The van der Waals surface area contributed by atoms with Crippen LogP contribution in [0.25, 0.3) is 10.2 Å². The van der Waals surface area contributed by atoms with E-state index in [0.717, 1.165) is 54.4 Å². The maximum absolute atomic E-state index is 14.2. The second-order valence-electron chi connectivity index (χ2n) is 8.21. The van der Waals surface area contributed by atoms with Crippen molar-refractivity contribution in [3.8, 4) is 0 Å². The number of fused-ring (bicyclic) bond motifs is 2. The van der Waals surface area contributed by atoms with Crippen LogP contribution >= 0.6 is 22.2 Å². The lowest BCUT2D eigenvalue weighted by atomic mass is 9.78. The molecule has 30 heavy (non-hydrogen) atoms. The van der Waals surface area contributed by atoms with Crippen LogP contribution in [-0.2, 0) is 4.74 Å². The third kappa shape index (κ3) is 2.81. The number of hydrogen-bond acceptors (Lipinski definition) is 6. The summed E-state index contributed by atoms with van der Waals surface area (Å²) in [5, 5.41) is 4.97. The van der Waals surface area contributed by atoms with Crippen molar-refractivity contribution in [3.63, 3.8) is 0 Å². The van der Waals surface area contributed by atoms with Crippen LogP contribution in [0.1, 0.15) is 30.1 Å². The normalized spacial score (nSPS) is 25.9. The molecule has 3 aliphatic heterocycles. The van der Waals surface area contributed by atoms with Crippen LogP contribution in [0.3, 0.4) is 0 Å². The van der Waals surface area contributed by atoms with E-state index >= 15 is 0 Å². The number of thiol groups is 1. The standard InChI is InChI=1S/C22H23FN4OS2/c23-15-10-20-17(11-16(15)24)26-12-30(20)19-2-5-25-21-13(19)9-18(29-21)14-1-6-27-22(14)3-7-28-8-4-22/h2,5,9-12,14,27,30H,1,3-4,6-8,24H2. The summed E-state index contributed by atoms with van der Waals surface area (Å²) in [6, 6.07) is 7.59. The number of nitrogens with two attached hydrogens (primary N) is 1. The smallest absolute Gasteiger partial charge is 0.147 e. The summed E-state index contributed by atoms with van der Waals surface area (Å²) in [5.41, 5.74) is 8.78. The third-order valence-electron chi connectivity index (χ3n) is 6.66. The molecule has 2 unspecified atom stereocenters. The van der Waals surface area contributed by atoms with Gasteiger partial charge < -0.3 is 15.8 Å². The van der Waals surface area contributed by atoms with Gasteiger partial charge in [0.05, 0.1) is 11.4 Å². The van der Waals surface area contributed by atoms with Gasteiger partial charge in [-0.1, -0.05) is 0 Å². The van der Waals surface area contributed by atoms with E-state index in [9.17, 15) is 4.39 Å². The Morgan fingerprint density at radius 2 is 2.10 bits per heavy atom. The first-order chi connectivity index (χ1) is 14.6. The molecule has 2 fully saturated rings. The lowest BCUT2D eigenvalue weighted by Crippen LogP contribution is -2.48. The maximum Gasteiger partial charge on any atom is 0.147 e. The van der Waals surface area contributed by atoms with E-state index in [1.54, 1.807) is 23.5 Å². The van der Waals surface area contributed by atoms with Gasteiger partial charge >= 0.3 is 0 Å². The average Bonchev–Trinajstić information content (AvgIpc) is 3.46. The highest BCUT2D eigenvalue weighted by molar-refractivity contribution is 8.29. The Morgan fingerprint density at radius 3 is 2.97 bits per heavy atom. The number of aromatic nitrogens is 1. The number of pyridine rings is 1. The topological polar surface area (TPSA) is 72.5 Å². The quantitative estimate of drug-likeness (QED) is 0.396. The van der Waals surface area contributed by atoms with Crippen molar-refractivity contribution in [2.75, 3.05) is 25.5 Å². The predicted octanol–water partition coefficient (Wildman–Crippen LogP) is 4.74. The summed E-state index contributed by atoms with van der Waals surface area (Å²) in [6.45, 7) is 2.70. The van der Waals surface area contributed by atoms with Crippen LogP contribution in [0.2, 0.25) is 0 Å². The summed E-state index contributed by atoms with van der Waals surface area (Å²) < 4.78 is 19.8. The molecule has 0 aliphatic carbocycles. The number of rotatable bonds is 2. The van der Waals surface area contributed by atoms with Gasteiger partial charge in [-0.25, -0.2) is 14.4 Å². The molecule has 2 aromatic heterocycles. The Balaban J connectivity index is 1.43. The average molecular weight is 443 g/mol. The first-order valence-electron chi connectivity index (χ1n) is 10.3. The van der Waals surface area contributed by atoms with E-state index in [-0.39, 0.29) is 17.0 Å². The zero-order chi connectivity index (χ0) is 20.3. The Hall–Kier alpha value is -2.00. The van der Waals surface area contributed by atoms with Crippen molar-refractivity contribution >= 4 is 49.4 Å². The van der Waals surface area contributed by atoms with Crippen molar-refractivity contribution in [2.24, 2.45) is 4.99 Å². The van der Waals surface area contributed by atoms with Crippen molar-refractivity contribution in [1.29, 1.82) is 0 Å². The zero-order valence-electron chi connectivity index (χ0n) is 16.4. The summed E-state index contributed by atoms with van der Waals surface area (Å²) in [4.78, 5) is 13.8. The van der Waals surface area contributed by atoms with E-state index in [2.05, 4.69) is 27.4 Å². The van der Waals surface area contributed by atoms with Crippen LogP contribution in [-0.4, -0.2) is 35.8 Å². The molecule has 1 aromatic carbocycles. The van der Waals surface area contributed by atoms with E-state index in [1.807, 2.05) is 11.7 Å². The van der Waals surface area contributed by atoms with Gasteiger partial charge in [0.15, 0.2) is 0 Å². The second-order valence-corrected chi connectivity index (χ2v) is 11.2. The molecule has 5 heterocycles. The van der Waals surface area contributed by atoms with Gasteiger partial charge in [0, 0.05) is 56.5 Å². The highest BCUT2D eigenvalue weighted by atomic mass is 32.2. The van der Waals surface area contributed by atoms with E-state index in [4.69, 9.17) is 10.5 Å². The lowest BCUT2D eigenvalue weighted by Gasteiger charge is -2.38. The highest BCUT2D eigenvalue weighted by Crippen LogP contribution is 2.55. The largest absolute Gasteiger partial charge is 0.396 e. The van der Waals surface area contributed by atoms with Crippen molar-refractivity contribution in [1.82, 2.24) is 10.3 Å². The monoisotopic (exact) mass is 442 g/mol. The maximum atomic E-state index is 14.2. The first kappa shape index (κ1) is 18.7. The molecule has 0 radical (unpaired) electrons. The number of nitrogens with zero attached hydrogens (tertiary/aromatic N) is 2. The molecule has 3 aliphatic rings. The molecule has 2 atom stereocenters. The van der Waals surface area contributed by atoms with Crippen molar-refractivity contribution in [2.45, 2.75) is 40.5 Å². The summed E-state index contributed by atoms with van der Waals surface area (Å²) in [7, 11) is -0.862. The van der Waals surface area contributed by atoms with Crippen LogP contribution in [0.4, 0.5) is 15.8 Å². The number of ether oxygens (including phenoxy) is 1. The fourth-order valence-electron chi connectivity index (χ4n) is 5.10. The molecule has 3 N–H and O–H groups in total. The van der Waals surface area contributed by atoms with E-state index in [1.165, 1.54) is 15.2 Å².